The monoisotopic (exact) mass is 404 g/mol. The summed E-state index contributed by atoms with van der Waals surface area (Å²) in [5.74, 6) is -0.471. The van der Waals surface area contributed by atoms with Crippen LogP contribution in [0.5, 0.6) is 5.75 Å². The molecule has 154 valence electrons. The van der Waals surface area contributed by atoms with Gasteiger partial charge in [0, 0.05) is 17.1 Å². The predicted octanol–water partition coefficient (Wildman–Crippen LogP) is 4.61. The normalized spacial score (nSPS) is 10.2. The molecule has 0 unspecified atom stereocenters. The standard InChI is InChI=1S/C24H24N2O4/c1-17-7-6-8-18(2)24(17)26-22(27)15-30-23(28)16-29-21-13-11-20(12-14-21)25-19-9-4-3-5-10-19/h3-14,25H,15-16H2,1-2H3,(H,26,27). The topological polar surface area (TPSA) is 76.7 Å². The number of para-hydroxylation sites is 2. The van der Waals surface area contributed by atoms with Gasteiger partial charge in [-0.25, -0.2) is 4.79 Å². The zero-order valence-corrected chi connectivity index (χ0v) is 17.0. The summed E-state index contributed by atoms with van der Waals surface area (Å²) in [7, 11) is 0. The quantitative estimate of drug-likeness (QED) is 0.536. The molecule has 0 heterocycles. The molecule has 0 aliphatic rings. The van der Waals surface area contributed by atoms with Crippen LogP contribution in [0.1, 0.15) is 11.1 Å². The fourth-order valence-corrected chi connectivity index (χ4v) is 2.84. The lowest BCUT2D eigenvalue weighted by Crippen LogP contribution is -2.24. The third kappa shape index (κ3) is 6.10. The largest absolute Gasteiger partial charge is 0.482 e. The Hall–Kier alpha value is -3.80. The summed E-state index contributed by atoms with van der Waals surface area (Å²) >= 11 is 0. The second kappa shape index (κ2) is 10.1. The molecule has 6 heteroatoms. The van der Waals surface area contributed by atoms with Crippen LogP contribution in [0.25, 0.3) is 0 Å². The first-order valence-corrected chi connectivity index (χ1v) is 9.58. The molecule has 0 aromatic heterocycles. The fraction of sp³-hybridized carbons (Fsp3) is 0.167. The molecule has 3 aromatic carbocycles. The number of hydrogen-bond acceptors (Lipinski definition) is 5. The van der Waals surface area contributed by atoms with Crippen LogP contribution in [0.3, 0.4) is 0 Å². The summed E-state index contributed by atoms with van der Waals surface area (Å²) in [5.41, 5.74) is 4.51. The molecule has 2 N–H and O–H groups in total. The molecule has 0 fully saturated rings. The summed E-state index contributed by atoms with van der Waals surface area (Å²) in [4.78, 5) is 23.9. The van der Waals surface area contributed by atoms with E-state index in [0.717, 1.165) is 28.2 Å². The number of amides is 1. The van der Waals surface area contributed by atoms with Crippen LogP contribution in [0.4, 0.5) is 17.1 Å². The van der Waals surface area contributed by atoms with Crippen molar-refractivity contribution in [3.05, 3.63) is 83.9 Å². The molecule has 0 radical (unpaired) electrons. The van der Waals surface area contributed by atoms with Gasteiger partial charge in [0.05, 0.1) is 0 Å². The Balaban J connectivity index is 1.41. The van der Waals surface area contributed by atoms with E-state index in [2.05, 4.69) is 10.6 Å². The van der Waals surface area contributed by atoms with E-state index in [1.165, 1.54) is 0 Å². The van der Waals surface area contributed by atoms with E-state index in [-0.39, 0.29) is 13.2 Å². The molecule has 0 atom stereocenters. The van der Waals surface area contributed by atoms with Crippen LogP contribution < -0.4 is 15.4 Å². The van der Waals surface area contributed by atoms with Crippen molar-refractivity contribution in [1.29, 1.82) is 0 Å². The Morgan fingerprint density at radius 1 is 0.767 bits per heavy atom. The third-order valence-corrected chi connectivity index (χ3v) is 4.38. The molecule has 0 spiro atoms. The van der Waals surface area contributed by atoms with Crippen molar-refractivity contribution in [1.82, 2.24) is 0 Å². The summed E-state index contributed by atoms with van der Waals surface area (Å²) < 4.78 is 10.4. The van der Waals surface area contributed by atoms with Crippen LogP contribution in [-0.2, 0) is 14.3 Å². The number of anilines is 3. The number of carbonyl (C=O) groups excluding carboxylic acids is 2. The van der Waals surface area contributed by atoms with Gasteiger partial charge in [-0.3, -0.25) is 4.79 Å². The Morgan fingerprint density at radius 2 is 1.40 bits per heavy atom. The molecule has 0 saturated heterocycles. The summed E-state index contributed by atoms with van der Waals surface area (Å²) in [6.45, 7) is 3.17. The molecule has 0 aliphatic heterocycles. The zero-order chi connectivity index (χ0) is 21.3. The zero-order valence-electron chi connectivity index (χ0n) is 17.0. The van der Waals surface area contributed by atoms with Crippen molar-refractivity contribution in [2.75, 3.05) is 23.8 Å². The number of benzene rings is 3. The van der Waals surface area contributed by atoms with Gasteiger partial charge in [-0.05, 0) is 61.4 Å². The summed E-state index contributed by atoms with van der Waals surface area (Å²) in [6.07, 6.45) is 0. The van der Waals surface area contributed by atoms with E-state index in [0.29, 0.717) is 5.75 Å². The average molecular weight is 404 g/mol. The highest BCUT2D eigenvalue weighted by atomic mass is 16.6. The molecular weight excluding hydrogens is 380 g/mol. The minimum Gasteiger partial charge on any atom is -0.482 e. The maximum atomic E-state index is 12.0. The van der Waals surface area contributed by atoms with Gasteiger partial charge in [0.15, 0.2) is 13.2 Å². The summed E-state index contributed by atoms with van der Waals surface area (Å²) in [5, 5.41) is 6.03. The van der Waals surface area contributed by atoms with Gasteiger partial charge < -0.3 is 20.1 Å². The molecule has 3 aromatic rings. The van der Waals surface area contributed by atoms with Crippen molar-refractivity contribution in [3.63, 3.8) is 0 Å². The predicted molar refractivity (Wildman–Crippen MR) is 117 cm³/mol. The van der Waals surface area contributed by atoms with E-state index in [4.69, 9.17) is 9.47 Å². The number of ether oxygens (including phenoxy) is 2. The van der Waals surface area contributed by atoms with Crippen molar-refractivity contribution in [2.24, 2.45) is 0 Å². The van der Waals surface area contributed by atoms with Crippen molar-refractivity contribution < 1.29 is 19.1 Å². The van der Waals surface area contributed by atoms with Crippen molar-refractivity contribution in [3.8, 4) is 5.75 Å². The summed E-state index contributed by atoms with van der Waals surface area (Å²) in [6, 6.07) is 22.7. The van der Waals surface area contributed by atoms with E-state index in [1.807, 2.05) is 74.5 Å². The highest BCUT2D eigenvalue weighted by molar-refractivity contribution is 5.94. The van der Waals surface area contributed by atoms with E-state index in [1.54, 1.807) is 12.1 Å². The van der Waals surface area contributed by atoms with Crippen LogP contribution in [0, 0.1) is 13.8 Å². The number of carbonyl (C=O) groups is 2. The van der Waals surface area contributed by atoms with E-state index in [9.17, 15) is 9.59 Å². The molecule has 3 rings (SSSR count). The van der Waals surface area contributed by atoms with E-state index >= 15 is 0 Å². The van der Waals surface area contributed by atoms with Gasteiger partial charge in [0.25, 0.3) is 5.91 Å². The van der Waals surface area contributed by atoms with Gasteiger partial charge in [-0.2, -0.15) is 0 Å². The van der Waals surface area contributed by atoms with Crippen LogP contribution in [-0.4, -0.2) is 25.1 Å². The van der Waals surface area contributed by atoms with Crippen LogP contribution in [0.15, 0.2) is 72.8 Å². The Morgan fingerprint density at radius 3 is 2.07 bits per heavy atom. The van der Waals surface area contributed by atoms with E-state index < -0.39 is 11.9 Å². The lowest BCUT2D eigenvalue weighted by atomic mass is 10.1. The van der Waals surface area contributed by atoms with Gasteiger partial charge >= 0.3 is 5.97 Å². The number of rotatable bonds is 8. The smallest absolute Gasteiger partial charge is 0.344 e. The second-order valence-electron chi connectivity index (χ2n) is 6.78. The first-order chi connectivity index (χ1) is 14.5. The molecular formula is C24H24N2O4. The lowest BCUT2D eigenvalue weighted by molar-refractivity contribution is -0.149. The SMILES string of the molecule is Cc1cccc(C)c1NC(=O)COC(=O)COc1ccc(Nc2ccccc2)cc1. The average Bonchev–Trinajstić information content (AvgIpc) is 2.75. The van der Waals surface area contributed by atoms with Gasteiger partial charge in [-0.15, -0.1) is 0 Å². The lowest BCUT2D eigenvalue weighted by Gasteiger charge is -2.12. The minimum absolute atomic E-state index is 0.276. The Bertz CT molecular complexity index is 981. The molecule has 30 heavy (non-hydrogen) atoms. The molecule has 0 saturated carbocycles. The highest BCUT2D eigenvalue weighted by Gasteiger charge is 2.11. The highest BCUT2D eigenvalue weighted by Crippen LogP contribution is 2.20. The maximum Gasteiger partial charge on any atom is 0.344 e. The van der Waals surface area contributed by atoms with Gasteiger partial charge in [0.1, 0.15) is 5.75 Å². The first-order valence-electron chi connectivity index (χ1n) is 9.58. The van der Waals surface area contributed by atoms with Crippen molar-refractivity contribution in [2.45, 2.75) is 13.8 Å². The Kier molecular flexibility index (Phi) is 7.05. The second-order valence-corrected chi connectivity index (χ2v) is 6.78. The van der Waals surface area contributed by atoms with Gasteiger partial charge in [-0.1, -0.05) is 36.4 Å². The maximum absolute atomic E-state index is 12.0. The Labute approximate surface area is 175 Å². The minimum atomic E-state index is -0.613. The van der Waals surface area contributed by atoms with Crippen molar-refractivity contribution >= 4 is 28.9 Å². The fourth-order valence-electron chi connectivity index (χ4n) is 2.84. The third-order valence-electron chi connectivity index (χ3n) is 4.38. The molecule has 0 aliphatic carbocycles. The number of hydrogen-bond donors (Lipinski definition) is 2. The number of aryl methyl sites for hydroxylation is 2. The number of nitrogens with one attached hydrogen (secondary N) is 2. The molecule has 6 nitrogen and oxygen atoms in total. The van der Waals surface area contributed by atoms with Crippen LogP contribution >= 0.6 is 0 Å². The van der Waals surface area contributed by atoms with Gasteiger partial charge in [0.2, 0.25) is 0 Å². The first kappa shape index (κ1) is 20.9. The molecule has 1 amide bonds. The van der Waals surface area contributed by atoms with Crippen LogP contribution in [0.2, 0.25) is 0 Å². The molecule has 0 bridgehead atoms. The number of esters is 1.